The molecule has 1 amide bonds. The van der Waals surface area contributed by atoms with Gasteiger partial charge in [0, 0.05) is 6.07 Å². The molecule has 0 radical (unpaired) electrons. The van der Waals surface area contributed by atoms with Crippen molar-refractivity contribution in [1.82, 2.24) is 0 Å². The van der Waals surface area contributed by atoms with E-state index in [-0.39, 0.29) is 0 Å². The normalized spacial score (nSPS) is 9.95. The lowest BCUT2D eigenvalue weighted by Crippen LogP contribution is -2.11. The topological polar surface area (TPSA) is 87.6 Å². The summed E-state index contributed by atoms with van der Waals surface area (Å²) in [5, 5.41) is 0. The number of rotatable bonds is 4. The second-order valence-electron chi connectivity index (χ2n) is 3.87. The Morgan fingerprint density at radius 1 is 1.11 bits per heavy atom. The Hall–Kier alpha value is -2.69. The first-order chi connectivity index (χ1) is 9.11. The van der Waals surface area contributed by atoms with Gasteiger partial charge in [0.1, 0.15) is 17.2 Å². The number of nitrogen functional groups attached to an aromatic ring is 1. The summed E-state index contributed by atoms with van der Waals surface area (Å²) < 4.78 is 10.7. The number of anilines is 1. The highest BCUT2D eigenvalue weighted by atomic mass is 16.5. The third-order valence-corrected chi connectivity index (χ3v) is 2.59. The van der Waals surface area contributed by atoms with Crippen LogP contribution in [0.15, 0.2) is 42.5 Å². The molecule has 5 nitrogen and oxygen atoms in total. The van der Waals surface area contributed by atoms with Crippen molar-refractivity contribution in [3.8, 4) is 17.2 Å². The quantitative estimate of drug-likeness (QED) is 0.823. The van der Waals surface area contributed by atoms with Gasteiger partial charge in [0.2, 0.25) is 0 Å². The number of ether oxygens (including phenoxy) is 2. The van der Waals surface area contributed by atoms with Gasteiger partial charge in [-0.05, 0) is 24.3 Å². The molecular formula is C14H14N2O3. The number of carbonyl (C=O) groups is 1. The third kappa shape index (κ3) is 2.77. The Labute approximate surface area is 110 Å². The molecule has 2 aromatic carbocycles. The van der Waals surface area contributed by atoms with Gasteiger partial charge in [0.25, 0.3) is 5.91 Å². The van der Waals surface area contributed by atoms with Crippen molar-refractivity contribution in [2.45, 2.75) is 0 Å². The first-order valence-electron chi connectivity index (χ1n) is 5.62. The van der Waals surface area contributed by atoms with Crippen LogP contribution < -0.4 is 20.9 Å². The minimum Gasteiger partial charge on any atom is -0.494 e. The van der Waals surface area contributed by atoms with E-state index in [1.165, 1.54) is 7.11 Å². The van der Waals surface area contributed by atoms with Crippen LogP contribution in [0.5, 0.6) is 17.2 Å². The number of carbonyl (C=O) groups excluding carboxylic acids is 1. The molecule has 0 atom stereocenters. The molecule has 19 heavy (non-hydrogen) atoms. The second-order valence-corrected chi connectivity index (χ2v) is 3.87. The van der Waals surface area contributed by atoms with E-state index in [2.05, 4.69) is 0 Å². The van der Waals surface area contributed by atoms with E-state index in [0.29, 0.717) is 28.5 Å². The number of benzene rings is 2. The summed E-state index contributed by atoms with van der Waals surface area (Å²) in [5.74, 6) is 0.869. The fourth-order valence-electron chi connectivity index (χ4n) is 1.64. The fourth-order valence-corrected chi connectivity index (χ4v) is 1.64. The predicted molar refractivity (Wildman–Crippen MR) is 72.4 cm³/mol. The monoisotopic (exact) mass is 258 g/mol. The van der Waals surface area contributed by atoms with Gasteiger partial charge in [0.15, 0.2) is 0 Å². The summed E-state index contributed by atoms with van der Waals surface area (Å²) in [4.78, 5) is 11.3. The lowest BCUT2D eigenvalue weighted by molar-refractivity contribution is 0.0998. The van der Waals surface area contributed by atoms with Crippen molar-refractivity contribution in [2.75, 3.05) is 12.8 Å². The van der Waals surface area contributed by atoms with E-state index in [1.807, 2.05) is 0 Å². The number of amides is 1. The van der Waals surface area contributed by atoms with Gasteiger partial charge in [-0.25, -0.2) is 0 Å². The van der Waals surface area contributed by atoms with Crippen molar-refractivity contribution in [1.29, 1.82) is 0 Å². The Kier molecular flexibility index (Phi) is 3.56. The van der Waals surface area contributed by atoms with Crippen LogP contribution in [0.1, 0.15) is 10.4 Å². The lowest BCUT2D eigenvalue weighted by Gasteiger charge is -2.11. The average Bonchev–Trinajstić information content (AvgIpc) is 2.41. The van der Waals surface area contributed by atoms with Gasteiger partial charge < -0.3 is 20.9 Å². The Bertz CT molecular complexity index is 611. The summed E-state index contributed by atoms with van der Waals surface area (Å²) in [5.41, 5.74) is 11.8. The maximum atomic E-state index is 11.3. The Morgan fingerprint density at radius 3 is 2.53 bits per heavy atom. The third-order valence-electron chi connectivity index (χ3n) is 2.59. The summed E-state index contributed by atoms with van der Waals surface area (Å²) in [7, 11) is 1.52. The molecule has 98 valence electrons. The first-order valence-corrected chi connectivity index (χ1v) is 5.62. The zero-order valence-electron chi connectivity index (χ0n) is 10.4. The lowest BCUT2D eigenvalue weighted by atomic mass is 10.2. The largest absolute Gasteiger partial charge is 0.494 e. The van der Waals surface area contributed by atoms with Crippen LogP contribution in [0.25, 0.3) is 0 Å². The van der Waals surface area contributed by atoms with Gasteiger partial charge in [-0.15, -0.1) is 0 Å². The SMILES string of the molecule is COc1cc(Oc2ccccc2C(N)=O)ccc1N. The summed E-state index contributed by atoms with van der Waals surface area (Å²) in [6.07, 6.45) is 0. The molecule has 0 aliphatic heterocycles. The van der Waals surface area contributed by atoms with E-state index in [9.17, 15) is 4.79 Å². The molecule has 2 rings (SSSR count). The summed E-state index contributed by atoms with van der Waals surface area (Å²) in [6, 6.07) is 11.8. The van der Waals surface area contributed by atoms with Crippen LogP contribution in [-0.4, -0.2) is 13.0 Å². The maximum Gasteiger partial charge on any atom is 0.252 e. The molecule has 0 bridgehead atoms. The van der Waals surface area contributed by atoms with Crippen LogP contribution >= 0.6 is 0 Å². The van der Waals surface area contributed by atoms with Gasteiger partial charge >= 0.3 is 0 Å². The van der Waals surface area contributed by atoms with Gasteiger partial charge in [-0.1, -0.05) is 12.1 Å². The average molecular weight is 258 g/mol. The van der Waals surface area contributed by atoms with Crippen LogP contribution in [0.3, 0.4) is 0 Å². The highest BCUT2D eigenvalue weighted by Gasteiger charge is 2.10. The van der Waals surface area contributed by atoms with Gasteiger partial charge in [-0.2, -0.15) is 0 Å². The number of hydrogen-bond acceptors (Lipinski definition) is 4. The molecule has 0 fully saturated rings. The summed E-state index contributed by atoms with van der Waals surface area (Å²) >= 11 is 0. The van der Waals surface area contributed by atoms with Crippen molar-refractivity contribution in [2.24, 2.45) is 5.73 Å². The van der Waals surface area contributed by atoms with Gasteiger partial charge in [0.05, 0.1) is 18.4 Å². The maximum absolute atomic E-state index is 11.3. The van der Waals surface area contributed by atoms with E-state index < -0.39 is 5.91 Å². The van der Waals surface area contributed by atoms with Gasteiger partial charge in [-0.3, -0.25) is 4.79 Å². The van der Waals surface area contributed by atoms with Crippen molar-refractivity contribution >= 4 is 11.6 Å². The fraction of sp³-hybridized carbons (Fsp3) is 0.0714. The number of nitrogens with two attached hydrogens (primary N) is 2. The van der Waals surface area contributed by atoms with Crippen molar-refractivity contribution < 1.29 is 14.3 Å². The number of primary amides is 1. The van der Waals surface area contributed by atoms with Crippen LogP contribution in [0.2, 0.25) is 0 Å². The molecule has 0 saturated heterocycles. The van der Waals surface area contributed by atoms with Crippen LogP contribution in [-0.2, 0) is 0 Å². The van der Waals surface area contributed by atoms with Crippen molar-refractivity contribution in [3.05, 3.63) is 48.0 Å². The molecule has 0 unspecified atom stereocenters. The summed E-state index contributed by atoms with van der Waals surface area (Å²) in [6.45, 7) is 0. The van der Waals surface area contributed by atoms with E-state index in [1.54, 1.807) is 42.5 Å². The van der Waals surface area contributed by atoms with Crippen LogP contribution in [0.4, 0.5) is 5.69 Å². The Morgan fingerprint density at radius 2 is 1.84 bits per heavy atom. The highest BCUT2D eigenvalue weighted by Crippen LogP contribution is 2.31. The van der Waals surface area contributed by atoms with Crippen LogP contribution in [0, 0.1) is 0 Å². The predicted octanol–water partition coefficient (Wildman–Crippen LogP) is 2.17. The molecule has 0 aromatic heterocycles. The molecule has 0 spiro atoms. The number of methoxy groups -OCH3 is 1. The first kappa shape index (κ1) is 12.8. The number of para-hydroxylation sites is 1. The highest BCUT2D eigenvalue weighted by molar-refractivity contribution is 5.95. The molecule has 0 aliphatic carbocycles. The molecule has 0 heterocycles. The minimum atomic E-state index is -0.544. The number of hydrogen-bond donors (Lipinski definition) is 2. The molecule has 0 aliphatic rings. The van der Waals surface area contributed by atoms with E-state index in [0.717, 1.165) is 0 Å². The molecule has 0 saturated carbocycles. The standard InChI is InChI=1S/C14H14N2O3/c1-18-13-8-9(6-7-11(13)15)19-12-5-3-2-4-10(12)14(16)17/h2-8H,15H2,1H3,(H2,16,17). The smallest absolute Gasteiger partial charge is 0.252 e. The zero-order valence-corrected chi connectivity index (χ0v) is 10.4. The molecule has 5 heteroatoms. The van der Waals surface area contributed by atoms with E-state index in [4.69, 9.17) is 20.9 Å². The van der Waals surface area contributed by atoms with E-state index >= 15 is 0 Å². The minimum absolute atomic E-state index is 0.318. The zero-order chi connectivity index (χ0) is 13.8. The second kappa shape index (κ2) is 5.30. The Balaban J connectivity index is 2.34. The molecular weight excluding hydrogens is 244 g/mol. The molecule has 2 aromatic rings. The van der Waals surface area contributed by atoms with Crippen molar-refractivity contribution in [3.63, 3.8) is 0 Å². The molecule has 4 N–H and O–H groups in total.